The molecule has 3 heteroatoms. The molecule has 0 fully saturated rings. The maximum atomic E-state index is 6.16. The first-order valence-corrected chi connectivity index (χ1v) is 10.2. The van der Waals surface area contributed by atoms with Crippen molar-refractivity contribution in [3.8, 4) is 0 Å². The number of H-pyrrole nitrogens is 1. The van der Waals surface area contributed by atoms with Crippen molar-refractivity contribution < 1.29 is 4.43 Å². The smallest absolute Gasteiger partial charge is 0.250 e. The normalized spacial score (nSPS) is 13.0. The van der Waals surface area contributed by atoms with Crippen molar-refractivity contribution in [2.24, 2.45) is 0 Å². The van der Waals surface area contributed by atoms with Crippen molar-refractivity contribution in [2.45, 2.75) is 38.9 Å². The van der Waals surface area contributed by atoms with Crippen molar-refractivity contribution in [3.05, 3.63) is 54.4 Å². The standard InChI is InChI=1S/C18H25NOSi/c1-14(20-21(5,6)18(2,3)4)11-12-15-13-19-17-10-8-7-9-16(15)17/h7-13,19H,1H2,2-6H3/b12-11+. The van der Waals surface area contributed by atoms with Crippen LogP contribution in [0, 0.1) is 0 Å². The van der Waals surface area contributed by atoms with Gasteiger partial charge in [-0.15, -0.1) is 0 Å². The number of allylic oxidation sites excluding steroid dienone is 1. The van der Waals surface area contributed by atoms with Gasteiger partial charge in [-0.3, -0.25) is 0 Å². The first-order chi connectivity index (χ1) is 9.71. The van der Waals surface area contributed by atoms with Gasteiger partial charge in [-0.2, -0.15) is 0 Å². The van der Waals surface area contributed by atoms with Gasteiger partial charge in [0.05, 0.1) is 5.76 Å². The Morgan fingerprint density at radius 1 is 1.24 bits per heavy atom. The molecule has 0 atom stereocenters. The van der Waals surface area contributed by atoms with E-state index in [1.165, 1.54) is 5.39 Å². The van der Waals surface area contributed by atoms with E-state index in [-0.39, 0.29) is 5.04 Å². The van der Waals surface area contributed by atoms with Crippen LogP contribution in [-0.2, 0) is 4.43 Å². The van der Waals surface area contributed by atoms with Crippen LogP contribution in [0.3, 0.4) is 0 Å². The number of hydrogen-bond acceptors (Lipinski definition) is 1. The summed E-state index contributed by atoms with van der Waals surface area (Å²) < 4.78 is 6.16. The molecule has 0 radical (unpaired) electrons. The average Bonchev–Trinajstić information content (AvgIpc) is 2.77. The fraction of sp³-hybridized carbons (Fsp3) is 0.333. The number of aromatic nitrogens is 1. The minimum Gasteiger partial charge on any atom is -0.544 e. The highest BCUT2D eigenvalue weighted by Gasteiger charge is 2.38. The van der Waals surface area contributed by atoms with Crippen LogP contribution in [0.15, 0.2) is 48.9 Å². The number of hydrogen-bond donors (Lipinski definition) is 1. The summed E-state index contributed by atoms with van der Waals surface area (Å²) in [5, 5.41) is 1.40. The van der Waals surface area contributed by atoms with Crippen LogP contribution < -0.4 is 0 Å². The Morgan fingerprint density at radius 3 is 2.57 bits per heavy atom. The van der Waals surface area contributed by atoms with E-state index in [0.717, 1.165) is 16.8 Å². The average molecular weight is 299 g/mol. The van der Waals surface area contributed by atoms with Crippen LogP contribution in [0.25, 0.3) is 17.0 Å². The first-order valence-electron chi connectivity index (χ1n) is 7.33. The molecule has 1 aromatic heterocycles. The van der Waals surface area contributed by atoms with Gasteiger partial charge in [-0.25, -0.2) is 0 Å². The third kappa shape index (κ3) is 3.48. The number of para-hydroxylation sites is 1. The van der Waals surface area contributed by atoms with E-state index < -0.39 is 8.32 Å². The molecule has 0 spiro atoms. The Kier molecular flexibility index (Phi) is 4.15. The van der Waals surface area contributed by atoms with E-state index >= 15 is 0 Å². The molecule has 1 aromatic carbocycles. The van der Waals surface area contributed by atoms with Crippen molar-refractivity contribution in [1.82, 2.24) is 4.98 Å². The van der Waals surface area contributed by atoms with Gasteiger partial charge in [0.15, 0.2) is 0 Å². The molecular formula is C18H25NOSi. The van der Waals surface area contributed by atoms with Gasteiger partial charge in [-0.1, -0.05) is 45.5 Å². The van der Waals surface area contributed by atoms with Crippen LogP contribution in [0.1, 0.15) is 26.3 Å². The number of benzene rings is 1. The summed E-state index contributed by atoms with van der Waals surface area (Å²) in [5.41, 5.74) is 2.30. The highest BCUT2D eigenvalue weighted by atomic mass is 28.4. The third-order valence-corrected chi connectivity index (χ3v) is 8.65. The largest absolute Gasteiger partial charge is 0.544 e. The molecule has 0 unspecified atom stereocenters. The quantitative estimate of drug-likeness (QED) is 0.436. The zero-order chi connectivity index (χ0) is 15.7. The van der Waals surface area contributed by atoms with Crippen molar-refractivity contribution in [3.63, 3.8) is 0 Å². The number of aromatic amines is 1. The Balaban J connectivity index is 2.13. The molecule has 21 heavy (non-hydrogen) atoms. The lowest BCUT2D eigenvalue weighted by Crippen LogP contribution is -2.40. The third-order valence-electron chi connectivity index (χ3n) is 4.26. The highest BCUT2D eigenvalue weighted by Crippen LogP contribution is 2.37. The molecule has 1 N–H and O–H groups in total. The van der Waals surface area contributed by atoms with E-state index in [1.807, 2.05) is 18.3 Å². The topological polar surface area (TPSA) is 25.0 Å². The number of nitrogens with one attached hydrogen (secondary N) is 1. The van der Waals surface area contributed by atoms with Crippen molar-refractivity contribution in [2.75, 3.05) is 0 Å². The monoisotopic (exact) mass is 299 g/mol. The SMILES string of the molecule is C=C(/C=C/c1c[nH]c2ccccc12)O[Si](C)(C)C(C)(C)C. The summed E-state index contributed by atoms with van der Waals surface area (Å²) in [6, 6.07) is 8.27. The molecule has 2 aromatic rings. The summed E-state index contributed by atoms with van der Waals surface area (Å²) in [7, 11) is -1.80. The lowest BCUT2D eigenvalue weighted by molar-refractivity contribution is 0.402. The number of rotatable bonds is 4. The molecule has 112 valence electrons. The van der Waals surface area contributed by atoms with Crippen molar-refractivity contribution in [1.29, 1.82) is 0 Å². The molecule has 2 nitrogen and oxygen atoms in total. The molecule has 0 amide bonds. The number of fused-ring (bicyclic) bond motifs is 1. The van der Waals surface area contributed by atoms with Crippen LogP contribution in [-0.4, -0.2) is 13.3 Å². The van der Waals surface area contributed by atoms with Gasteiger partial charge in [-0.05, 0) is 41.9 Å². The predicted molar refractivity (Wildman–Crippen MR) is 94.8 cm³/mol. The Morgan fingerprint density at radius 2 is 1.90 bits per heavy atom. The Labute approximate surface area is 128 Å². The molecule has 0 aliphatic rings. The van der Waals surface area contributed by atoms with E-state index in [9.17, 15) is 0 Å². The van der Waals surface area contributed by atoms with Crippen LogP contribution >= 0.6 is 0 Å². The highest BCUT2D eigenvalue weighted by molar-refractivity contribution is 6.74. The van der Waals surface area contributed by atoms with E-state index in [4.69, 9.17) is 4.43 Å². The zero-order valence-corrected chi connectivity index (χ0v) is 14.7. The maximum Gasteiger partial charge on any atom is 0.250 e. The van der Waals surface area contributed by atoms with E-state index in [2.05, 4.69) is 69.7 Å². The maximum absolute atomic E-state index is 6.16. The van der Waals surface area contributed by atoms with Gasteiger partial charge in [0.1, 0.15) is 0 Å². The van der Waals surface area contributed by atoms with Crippen LogP contribution in [0.5, 0.6) is 0 Å². The molecule has 0 bridgehead atoms. The van der Waals surface area contributed by atoms with Gasteiger partial charge >= 0.3 is 0 Å². The predicted octanol–water partition coefficient (Wildman–Crippen LogP) is 5.72. The van der Waals surface area contributed by atoms with Gasteiger partial charge < -0.3 is 9.41 Å². The van der Waals surface area contributed by atoms with Crippen LogP contribution in [0.2, 0.25) is 18.1 Å². The minimum absolute atomic E-state index is 0.185. The second-order valence-electron chi connectivity index (χ2n) is 6.95. The Bertz CT molecular complexity index is 674. The van der Waals surface area contributed by atoms with Crippen LogP contribution in [0.4, 0.5) is 0 Å². The molecule has 0 saturated carbocycles. The van der Waals surface area contributed by atoms with Gasteiger partial charge in [0.2, 0.25) is 8.32 Å². The fourth-order valence-corrected chi connectivity index (χ4v) is 2.96. The summed E-state index contributed by atoms with van der Waals surface area (Å²) in [5.74, 6) is 0.742. The molecule has 0 aliphatic carbocycles. The lowest BCUT2D eigenvalue weighted by Gasteiger charge is -2.36. The van der Waals surface area contributed by atoms with Crippen molar-refractivity contribution >= 4 is 25.3 Å². The minimum atomic E-state index is -1.80. The lowest BCUT2D eigenvalue weighted by atomic mass is 10.1. The second-order valence-corrected chi connectivity index (χ2v) is 11.7. The van der Waals surface area contributed by atoms with E-state index in [1.54, 1.807) is 0 Å². The summed E-state index contributed by atoms with van der Waals surface area (Å²) >= 11 is 0. The van der Waals surface area contributed by atoms with Gasteiger partial charge in [0, 0.05) is 17.1 Å². The molecule has 0 aliphatic heterocycles. The Hall–Kier alpha value is -1.74. The summed E-state index contributed by atoms with van der Waals surface area (Å²) in [6.07, 6.45) is 6.05. The van der Waals surface area contributed by atoms with Gasteiger partial charge in [0.25, 0.3) is 0 Å². The molecule has 0 saturated heterocycles. The summed E-state index contributed by atoms with van der Waals surface area (Å²) in [4.78, 5) is 3.27. The fourth-order valence-electron chi connectivity index (χ4n) is 1.93. The second kappa shape index (κ2) is 5.56. The molecule has 1 heterocycles. The summed E-state index contributed by atoms with van der Waals surface area (Å²) in [6.45, 7) is 15.2. The zero-order valence-electron chi connectivity index (χ0n) is 13.7. The molecule has 2 rings (SSSR count). The molecular weight excluding hydrogens is 274 g/mol. The van der Waals surface area contributed by atoms with E-state index in [0.29, 0.717) is 0 Å². The first kappa shape index (κ1) is 15.6.